The molecule has 3 rings (SSSR count). The van der Waals surface area contributed by atoms with Crippen LogP contribution in [0.1, 0.15) is 24.8 Å². The number of hydrogen-bond acceptors (Lipinski definition) is 4. The van der Waals surface area contributed by atoms with E-state index in [-0.39, 0.29) is 11.9 Å². The Labute approximate surface area is 123 Å². The summed E-state index contributed by atoms with van der Waals surface area (Å²) in [7, 11) is 0. The lowest BCUT2D eigenvalue weighted by atomic mass is 9.96. The van der Waals surface area contributed by atoms with Gasteiger partial charge in [-0.3, -0.25) is 9.69 Å². The highest BCUT2D eigenvalue weighted by atomic mass is 16.2. The minimum Gasteiger partial charge on any atom is -0.313 e. The molecule has 1 aromatic heterocycles. The van der Waals surface area contributed by atoms with E-state index in [0.29, 0.717) is 18.4 Å². The van der Waals surface area contributed by atoms with Crippen LogP contribution in [-0.2, 0) is 4.79 Å². The van der Waals surface area contributed by atoms with E-state index in [9.17, 15) is 4.79 Å². The molecular weight excluding hydrogens is 266 g/mol. The topological polar surface area (TPSA) is 73.9 Å². The van der Waals surface area contributed by atoms with Gasteiger partial charge >= 0.3 is 0 Å². The van der Waals surface area contributed by atoms with Crippen molar-refractivity contribution >= 4 is 11.9 Å². The Morgan fingerprint density at radius 1 is 1.38 bits per heavy atom. The Balaban J connectivity index is 1.69. The Morgan fingerprint density at radius 3 is 2.86 bits per heavy atom. The average molecular weight is 285 g/mol. The summed E-state index contributed by atoms with van der Waals surface area (Å²) in [4.78, 5) is 17.2. The number of carbonyl (C=O) groups is 1. The molecule has 2 aromatic rings. The van der Waals surface area contributed by atoms with Crippen molar-refractivity contribution in [1.82, 2.24) is 20.5 Å². The normalized spacial score (nSPS) is 21.4. The van der Waals surface area contributed by atoms with Gasteiger partial charge in [-0.15, -0.1) is 10.2 Å². The standard InChI is InChI=1S/C15H19N5O/c1-2-20(15-17-10-18-19-15)14(21)13-8-12(9-16-13)11-6-4-3-5-7-11/h3-7,10,12-13,16H,2,8-9H2,1H3,(H,17,18,19). The fourth-order valence-corrected chi connectivity index (χ4v) is 2.83. The zero-order valence-corrected chi connectivity index (χ0v) is 12.0. The van der Waals surface area contributed by atoms with E-state index in [0.717, 1.165) is 13.0 Å². The third-order valence-corrected chi connectivity index (χ3v) is 3.94. The van der Waals surface area contributed by atoms with Gasteiger partial charge in [-0.1, -0.05) is 30.3 Å². The highest BCUT2D eigenvalue weighted by Crippen LogP contribution is 2.26. The number of likely N-dealkylation sites (N-methyl/N-ethyl adjacent to an activating group) is 1. The minimum absolute atomic E-state index is 0.0488. The second-order valence-electron chi connectivity index (χ2n) is 5.20. The predicted molar refractivity (Wildman–Crippen MR) is 80.0 cm³/mol. The number of nitrogens with zero attached hydrogens (tertiary/aromatic N) is 3. The molecule has 1 fully saturated rings. The molecule has 0 bridgehead atoms. The number of carbonyl (C=O) groups excluding carboxylic acids is 1. The van der Waals surface area contributed by atoms with Gasteiger partial charge in [0.2, 0.25) is 11.9 Å². The van der Waals surface area contributed by atoms with E-state index in [1.54, 1.807) is 4.90 Å². The molecule has 0 spiro atoms. The number of amides is 1. The molecule has 110 valence electrons. The maximum absolute atomic E-state index is 12.6. The lowest BCUT2D eigenvalue weighted by Crippen LogP contribution is -2.44. The van der Waals surface area contributed by atoms with E-state index in [2.05, 4.69) is 32.6 Å². The first-order chi connectivity index (χ1) is 10.3. The zero-order chi connectivity index (χ0) is 14.7. The van der Waals surface area contributed by atoms with Crippen LogP contribution in [0.3, 0.4) is 0 Å². The van der Waals surface area contributed by atoms with Gasteiger partial charge in [-0.05, 0) is 24.8 Å². The Hall–Kier alpha value is -2.21. The van der Waals surface area contributed by atoms with E-state index >= 15 is 0 Å². The number of rotatable bonds is 4. The molecule has 6 nitrogen and oxygen atoms in total. The first-order valence-corrected chi connectivity index (χ1v) is 7.25. The van der Waals surface area contributed by atoms with Crippen molar-refractivity contribution in [3.05, 3.63) is 42.2 Å². The number of aromatic nitrogens is 3. The van der Waals surface area contributed by atoms with Gasteiger partial charge in [0.1, 0.15) is 6.33 Å². The summed E-state index contributed by atoms with van der Waals surface area (Å²) < 4.78 is 0. The van der Waals surface area contributed by atoms with Crippen molar-refractivity contribution in [1.29, 1.82) is 0 Å². The molecule has 1 aliphatic heterocycles. The van der Waals surface area contributed by atoms with E-state index in [4.69, 9.17) is 0 Å². The summed E-state index contributed by atoms with van der Waals surface area (Å²) in [6.45, 7) is 3.33. The zero-order valence-electron chi connectivity index (χ0n) is 12.0. The lowest BCUT2D eigenvalue weighted by molar-refractivity contribution is -0.120. The van der Waals surface area contributed by atoms with Crippen molar-refractivity contribution in [3.63, 3.8) is 0 Å². The van der Waals surface area contributed by atoms with Gasteiger partial charge in [0.25, 0.3) is 0 Å². The highest BCUT2D eigenvalue weighted by Gasteiger charge is 2.33. The van der Waals surface area contributed by atoms with E-state index in [1.807, 2.05) is 25.1 Å². The molecule has 2 N–H and O–H groups in total. The summed E-state index contributed by atoms with van der Waals surface area (Å²) in [6.07, 6.45) is 2.30. The smallest absolute Gasteiger partial charge is 0.246 e. The molecule has 2 heterocycles. The van der Waals surface area contributed by atoms with Crippen molar-refractivity contribution in [3.8, 4) is 0 Å². The second kappa shape index (κ2) is 6.05. The van der Waals surface area contributed by atoms with Gasteiger partial charge in [-0.25, -0.2) is 0 Å². The summed E-state index contributed by atoms with van der Waals surface area (Å²) in [5.41, 5.74) is 1.28. The van der Waals surface area contributed by atoms with Crippen molar-refractivity contribution in [2.45, 2.75) is 25.3 Å². The molecular formula is C15H19N5O. The van der Waals surface area contributed by atoms with E-state index in [1.165, 1.54) is 11.9 Å². The maximum atomic E-state index is 12.6. The van der Waals surface area contributed by atoms with Crippen LogP contribution in [0, 0.1) is 0 Å². The maximum Gasteiger partial charge on any atom is 0.246 e. The van der Waals surface area contributed by atoms with Crippen LogP contribution in [0.5, 0.6) is 0 Å². The molecule has 6 heteroatoms. The summed E-state index contributed by atoms with van der Waals surface area (Å²) in [6, 6.07) is 10.2. The SMILES string of the molecule is CCN(C(=O)C1CC(c2ccccc2)CN1)c1nnc[nH]1. The van der Waals surface area contributed by atoms with Gasteiger partial charge in [-0.2, -0.15) is 0 Å². The summed E-state index contributed by atoms with van der Waals surface area (Å²) >= 11 is 0. The summed E-state index contributed by atoms with van der Waals surface area (Å²) in [5.74, 6) is 0.939. The first kappa shape index (κ1) is 13.8. The fraction of sp³-hybridized carbons (Fsp3) is 0.400. The highest BCUT2D eigenvalue weighted by molar-refractivity contribution is 5.95. The third-order valence-electron chi connectivity index (χ3n) is 3.94. The number of aromatic amines is 1. The molecule has 1 aliphatic rings. The predicted octanol–water partition coefficient (Wildman–Crippen LogP) is 1.30. The monoisotopic (exact) mass is 285 g/mol. The van der Waals surface area contributed by atoms with Crippen LogP contribution in [0.15, 0.2) is 36.7 Å². The average Bonchev–Trinajstić information content (AvgIpc) is 3.20. The van der Waals surface area contributed by atoms with Crippen LogP contribution < -0.4 is 10.2 Å². The lowest BCUT2D eigenvalue weighted by Gasteiger charge is -2.21. The largest absolute Gasteiger partial charge is 0.313 e. The molecule has 0 saturated carbocycles. The van der Waals surface area contributed by atoms with Crippen molar-refractivity contribution in [2.75, 3.05) is 18.0 Å². The molecule has 0 radical (unpaired) electrons. The van der Waals surface area contributed by atoms with Gasteiger partial charge < -0.3 is 10.3 Å². The molecule has 2 unspecified atom stereocenters. The second-order valence-corrected chi connectivity index (χ2v) is 5.20. The molecule has 1 aromatic carbocycles. The van der Waals surface area contributed by atoms with Crippen molar-refractivity contribution < 1.29 is 4.79 Å². The van der Waals surface area contributed by atoms with Gasteiger partial charge in [0.15, 0.2) is 0 Å². The van der Waals surface area contributed by atoms with Crippen LogP contribution in [-0.4, -0.2) is 40.2 Å². The van der Waals surface area contributed by atoms with Crippen LogP contribution >= 0.6 is 0 Å². The van der Waals surface area contributed by atoms with Crippen LogP contribution in [0.4, 0.5) is 5.95 Å². The number of benzene rings is 1. The Bertz CT molecular complexity index is 583. The van der Waals surface area contributed by atoms with E-state index < -0.39 is 0 Å². The summed E-state index contributed by atoms with van der Waals surface area (Å²) in [5, 5.41) is 11.0. The first-order valence-electron chi connectivity index (χ1n) is 7.25. The Kier molecular flexibility index (Phi) is 3.96. The molecule has 1 saturated heterocycles. The number of H-pyrrole nitrogens is 1. The van der Waals surface area contributed by atoms with Gasteiger partial charge in [0.05, 0.1) is 6.04 Å². The minimum atomic E-state index is -0.166. The molecule has 1 amide bonds. The van der Waals surface area contributed by atoms with Crippen LogP contribution in [0.2, 0.25) is 0 Å². The number of nitrogens with one attached hydrogen (secondary N) is 2. The molecule has 2 atom stereocenters. The molecule has 21 heavy (non-hydrogen) atoms. The Morgan fingerprint density at radius 2 is 2.19 bits per heavy atom. The third kappa shape index (κ3) is 2.80. The van der Waals surface area contributed by atoms with Gasteiger partial charge in [0, 0.05) is 13.1 Å². The quantitative estimate of drug-likeness (QED) is 0.888. The van der Waals surface area contributed by atoms with Crippen LogP contribution in [0.25, 0.3) is 0 Å². The van der Waals surface area contributed by atoms with Crippen molar-refractivity contribution in [2.24, 2.45) is 0 Å². The fourth-order valence-electron chi connectivity index (χ4n) is 2.83. The number of anilines is 1. The number of hydrogen-bond donors (Lipinski definition) is 2. The molecule has 0 aliphatic carbocycles.